The summed E-state index contributed by atoms with van der Waals surface area (Å²) in [4.78, 5) is 0. The van der Waals surface area contributed by atoms with E-state index in [-0.39, 0.29) is 0 Å². The molecule has 4 nitrogen and oxygen atoms in total. The topological polar surface area (TPSA) is 43.6 Å². The second-order valence-electron chi connectivity index (χ2n) is 3.85. The van der Waals surface area contributed by atoms with E-state index in [9.17, 15) is 0 Å². The van der Waals surface area contributed by atoms with E-state index in [1.807, 2.05) is 6.26 Å². The van der Waals surface area contributed by atoms with Crippen molar-refractivity contribution in [3.8, 4) is 5.69 Å². The molecular formula is C12H16N4S. The zero-order valence-corrected chi connectivity index (χ0v) is 10.9. The fourth-order valence-electron chi connectivity index (χ4n) is 1.65. The fraction of sp³-hybridized carbons (Fsp3) is 0.417. The molecule has 1 aromatic carbocycles. The monoisotopic (exact) mass is 248 g/mol. The van der Waals surface area contributed by atoms with Crippen LogP contribution in [-0.2, 0) is 6.42 Å². The zero-order chi connectivity index (χ0) is 12.1. The fourth-order valence-corrected chi connectivity index (χ4v) is 2.09. The highest BCUT2D eigenvalue weighted by molar-refractivity contribution is 7.98. The Morgan fingerprint density at radius 3 is 2.65 bits per heavy atom. The van der Waals surface area contributed by atoms with Crippen molar-refractivity contribution in [2.45, 2.75) is 31.3 Å². The minimum Gasteiger partial charge on any atom is -0.188 e. The Bertz CT molecular complexity index is 464. The second kappa shape index (κ2) is 5.82. The Balaban J connectivity index is 2.17. The SMILES string of the molecule is CCCCc1ccc(-n2nnnc2SC)cc1. The third kappa shape index (κ3) is 2.85. The first-order valence-electron chi connectivity index (χ1n) is 5.77. The molecule has 0 unspecified atom stereocenters. The maximum atomic E-state index is 3.98. The van der Waals surface area contributed by atoms with Gasteiger partial charge in [0.1, 0.15) is 0 Å². The van der Waals surface area contributed by atoms with Crippen LogP contribution in [-0.4, -0.2) is 26.5 Å². The summed E-state index contributed by atoms with van der Waals surface area (Å²) in [5, 5.41) is 12.4. The molecule has 1 aromatic heterocycles. The zero-order valence-electron chi connectivity index (χ0n) is 10.1. The first-order chi connectivity index (χ1) is 8.35. The van der Waals surface area contributed by atoms with E-state index >= 15 is 0 Å². The number of tetrazole rings is 1. The number of unbranched alkanes of at least 4 members (excludes halogenated alkanes) is 1. The predicted octanol–water partition coefficient (Wildman–Crippen LogP) is 2.73. The van der Waals surface area contributed by atoms with Crippen LogP contribution in [0.2, 0.25) is 0 Å². The van der Waals surface area contributed by atoms with E-state index < -0.39 is 0 Å². The van der Waals surface area contributed by atoms with Gasteiger partial charge in [-0.3, -0.25) is 0 Å². The van der Waals surface area contributed by atoms with E-state index in [0.717, 1.165) is 17.3 Å². The van der Waals surface area contributed by atoms with Gasteiger partial charge in [-0.2, -0.15) is 4.68 Å². The molecule has 2 aromatic rings. The second-order valence-corrected chi connectivity index (χ2v) is 4.62. The lowest BCUT2D eigenvalue weighted by molar-refractivity contribution is 0.754. The molecule has 2 rings (SSSR count). The number of rotatable bonds is 5. The summed E-state index contributed by atoms with van der Waals surface area (Å²) in [7, 11) is 0. The van der Waals surface area contributed by atoms with Gasteiger partial charge in [-0.1, -0.05) is 37.2 Å². The molecule has 0 radical (unpaired) electrons. The third-order valence-corrected chi connectivity index (χ3v) is 3.24. The van der Waals surface area contributed by atoms with Crippen molar-refractivity contribution in [1.29, 1.82) is 0 Å². The first-order valence-corrected chi connectivity index (χ1v) is 6.99. The molecule has 0 amide bonds. The van der Waals surface area contributed by atoms with Crippen LogP contribution in [0.15, 0.2) is 29.4 Å². The van der Waals surface area contributed by atoms with Gasteiger partial charge in [0.15, 0.2) is 0 Å². The van der Waals surface area contributed by atoms with Gasteiger partial charge < -0.3 is 0 Å². The van der Waals surface area contributed by atoms with E-state index in [2.05, 4.69) is 46.7 Å². The standard InChI is InChI=1S/C12H16N4S/c1-3-4-5-10-6-8-11(9-7-10)16-12(17-2)13-14-15-16/h6-9H,3-5H2,1-2H3. The number of thioether (sulfide) groups is 1. The minimum absolute atomic E-state index is 0.811. The van der Waals surface area contributed by atoms with Crippen molar-refractivity contribution in [1.82, 2.24) is 20.2 Å². The van der Waals surface area contributed by atoms with Crippen LogP contribution in [0, 0.1) is 0 Å². The van der Waals surface area contributed by atoms with Crippen molar-refractivity contribution in [3.63, 3.8) is 0 Å². The molecule has 5 heteroatoms. The Labute approximate surface area is 105 Å². The van der Waals surface area contributed by atoms with Crippen LogP contribution < -0.4 is 0 Å². The van der Waals surface area contributed by atoms with Crippen molar-refractivity contribution >= 4 is 11.8 Å². The molecule has 0 aliphatic heterocycles. The average Bonchev–Trinajstić information content (AvgIpc) is 2.85. The van der Waals surface area contributed by atoms with Crippen molar-refractivity contribution in [3.05, 3.63) is 29.8 Å². The molecule has 0 aliphatic rings. The Morgan fingerprint density at radius 2 is 2.00 bits per heavy atom. The Hall–Kier alpha value is -1.36. The van der Waals surface area contributed by atoms with Gasteiger partial charge in [-0.25, -0.2) is 0 Å². The van der Waals surface area contributed by atoms with Crippen LogP contribution in [0.25, 0.3) is 5.69 Å². The quantitative estimate of drug-likeness (QED) is 0.763. The number of benzene rings is 1. The maximum absolute atomic E-state index is 3.98. The van der Waals surface area contributed by atoms with Crippen LogP contribution in [0.5, 0.6) is 0 Å². The molecule has 0 N–H and O–H groups in total. The number of aryl methyl sites for hydroxylation is 1. The summed E-state index contributed by atoms with van der Waals surface area (Å²) in [5.41, 5.74) is 2.38. The van der Waals surface area contributed by atoms with E-state index in [1.54, 1.807) is 16.4 Å². The average molecular weight is 248 g/mol. The van der Waals surface area contributed by atoms with Gasteiger partial charge >= 0.3 is 0 Å². The Morgan fingerprint density at radius 1 is 1.24 bits per heavy atom. The molecular weight excluding hydrogens is 232 g/mol. The number of nitrogens with zero attached hydrogens (tertiary/aromatic N) is 4. The number of hydrogen-bond donors (Lipinski definition) is 0. The van der Waals surface area contributed by atoms with E-state index in [4.69, 9.17) is 0 Å². The summed E-state index contributed by atoms with van der Waals surface area (Å²) in [6, 6.07) is 8.44. The Kier molecular flexibility index (Phi) is 4.14. The third-order valence-electron chi connectivity index (χ3n) is 2.62. The first kappa shape index (κ1) is 12.1. The van der Waals surface area contributed by atoms with E-state index in [1.165, 1.54) is 18.4 Å². The molecule has 90 valence electrons. The molecule has 0 aliphatic carbocycles. The molecule has 0 saturated heterocycles. The number of aromatic nitrogens is 4. The van der Waals surface area contributed by atoms with Crippen molar-refractivity contribution in [2.24, 2.45) is 0 Å². The maximum Gasteiger partial charge on any atom is 0.213 e. The van der Waals surface area contributed by atoms with Gasteiger partial charge in [-0.15, -0.1) is 5.10 Å². The van der Waals surface area contributed by atoms with E-state index in [0.29, 0.717) is 0 Å². The van der Waals surface area contributed by atoms with Gasteiger partial charge in [0.05, 0.1) is 5.69 Å². The predicted molar refractivity (Wildman–Crippen MR) is 69.5 cm³/mol. The highest BCUT2D eigenvalue weighted by atomic mass is 32.2. The summed E-state index contributed by atoms with van der Waals surface area (Å²) in [6.07, 6.45) is 5.57. The molecule has 0 saturated carbocycles. The van der Waals surface area contributed by atoms with Gasteiger partial charge in [0, 0.05) is 0 Å². The summed E-state index contributed by atoms with van der Waals surface area (Å²) >= 11 is 1.54. The van der Waals surface area contributed by atoms with Gasteiger partial charge in [-0.05, 0) is 47.2 Å². The lowest BCUT2D eigenvalue weighted by Gasteiger charge is -2.04. The minimum atomic E-state index is 0.811. The van der Waals surface area contributed by atoms with Crippen molar-refractivity contribution in [2.75, 3.05) is 6.26 Å². The normalized spacial score (nSPS) is 10.7. The lowest BCUT2D eigenvalue weighted by Crippen LogP contribution is -1.98. The molecule has 0 atom stereocenters. The van der Waals surface area contributed by atoms with Crippen LogP contribution in [0.4, 0.5) is 0 Å². The molecule has 17 heavy (non-hydrogen) atoms. The van der Waals surface area contributed by atoms with Crippen LogP contribution in [0.1, 0.15) is 25.3 Å². The lowest BCUT2D eigenvalue weighted by atomic mass is 10.1. The van der Waals surface area contributed by atoms with Crippen molar-refractivity contribution < 1.29 is 0 Å². The van der Waals surface area contributed by atoms with Gasteiger partial charge in [0.2, 0.25) is 5.16 Å². The van der Waals surface area contributed by atoms with Crippen LogP contribution in [0.3, 0.4) is 0 Å². The smallest absolute Gasteiger partial charge is 0.188 e. The highest BCUT2D eigenvalue weighted by Crippen LogP contribution is 2.16. The molecule has 1 heterocycles. The van der Waals surface area contributed by atoms with Crippen LogP contribution >= 0.6 is 11.8 Å². The summed E-state index contributed by atoms with van der Waals surface area (Å²) in [5.74, 6) is 0. The summed E-state index contributed by atoms with van der Waals surface area (Å²) in [6.45, 7) is 2.21. The number of hydrogen-bond acceptors (Lipinski definition) is 4. The molecule has 0 fully saturated rings. The largest absolute Gasteiger partial charge is 0.213 e. The molecule has 0 bridgehead atoms. The van der Waals surface area contributed by atoms with Gasteiger partial charge in [0.25, 0.3) is 0 Å². The molecule has 0 spiro atoms. The summed E-state index contributed by atoms with van der Waals surface area (Å²) < 4.78 is 1.76. The highest BCUT2D eigenvalue weighted by Gasteiger charge is 2.06.